The van der Waals surface area contributed by atoms with E-state index in [4.69, 9.17) is 21.1 Å². The first-order valence-corrected chi connectivity index (χ1v) is 12.3. The summed E-state index contributed by atoms with van der Waals surface area (Å²) < 4.78 is 12.8. The van der Waals surface area contributed by atoms with E-state index in [-0.39, 0.29) is 17.5 Å². The molecule has 1 saturated heterocycles. The molecule has 2 heterocycles. The molecule has 2 fully saturated rings. The van der Waals surface area contributed by atoms with E-state index in [9.17, 15) is 9.59 Å². The van der Waals surface area contributed by atoms with Gasteiger partial charge in [-0.1, -0.05) is 23.7 Å². The molecule has 0 spiro atoms. The fourth-order valence-corrected chi connectivity index (χ4v) is 5.12. The fourth-order valence-electron chi connectivity index (χ4n) is 4.95. The van der Waals surface area contributed by atoms with Crippen LogP contribution in [0.4, 0.5) is 0 Å². The number of nitrogens with one attached hydrogen (secondary N) is 1. The van der Waals surface area contributed by atoms with Crippen molar-refractivity contribution in [3.8, 4) is 0 Å². The summed E-state index contributed by atoms with van der Waals surface area (Å²) in [5.74, 6) is -0.412. The zero-order valence-electron chi connectivity index (χ0n) is 20.2. The summed E-state index contributed by atoms with van der Waals surface area (Å²) in [4.78, 5) is 28.5. The summed E-state index contributed by atoms with van der Waals surface area (Å²) in [6.07, 6.45) is 5.11. The van der Waals surface area contributed by atoms with Crippen LogP contribution in [0.1, 0.15) is 36.0 Å². The Kier molecular flexibility index (Phi) is 7.77. The molecule has 7 nitrogen and oxygen atoms in total. The molecular weight excluding hydrogens is 454 g/mol. The standard InChI is InChI=1S/C26H34ClN3O4/c1-29-12-8-20(15-24(29)31)26(34-3)10-11-28-16-22(26)25(32)30(21-5-6-21)17-19-14-18(9-13-33-2)4-7-23(19)27/h4,7-8,12,14-15,21-22,28H,5-6,9-11,13,16-17H2,1-3H3. The van der Waals surface area contributed by atoms with Gasteiger partial charge in [0.2, 0.25) is 5.91 Å². The van der Waals surface area contributed by atoms with Gasteiger partial charge in [0.05, 0.1) is 12.5 Å². The molecule has 1 amide bonds. The van der Waals surface area contributed by atoms with Crippen LogP contribution in [0.15, 0.2) is 41.3 Å². The Morgan fingerprint density at radius 2 is 2.06 bits per heavy atom. The van der Waals surface area contributed by atoms with Gasteiger partial charge in [-0.05, 0) is 61.1 Å². The minimum Gasteiger partial charge on any atom is -0.384 e. The number of benzene rings is 1. The van der Waals surface area contributed by atoms with Crippen LogP contribution in [0, 0.1) is 5.92 Å². The van der Waals surface area contributed by atoms with Crippen molar-refractivity contribution in [1.82, 2.24) is 14.8 Å². The van der Waals surface area contributed by atoms with Crippen LogP contribution in [-0.2, 0) is 39.9 Å². The van der Waals surface area contributed by atoms with Gasteiger partial charge < -0.3 is 24.3 Å². The summed E-state index contributed by atoms with van der Waals surface area (Å²) in [6, 6.07) is 9.68. The number of hydrogen-bond acceptors (Lipinski definition) is 5. The zero-order valence-corrected chi connectivity index (χ0v) is 20.9. The Labute approximate surface area is 206 Å². The van der Waals surface area contributed by atoms with Crippen molar-refractivity contribution < 1.29 is 14.3 Å². The Hall–Kier alpha value is -2.19. The summed E-state index contributed by atoms with van der Waals surface area (Å²) in [6.45, 7) is 2.29. The minimum absolute atomic E-state index is 0.0376. The first-order chi connectivity index (χ1) is 16.4. The highest BCUT2D eigenvalue weighted by Gasteiger charge is 2.49. The largest absolute Gasteiger partial charge is 0.384 e. The predicted molar refractivity (Wildman–Crippen MR) is 132 cm³/mol. The number of carbonyl (C=O) groups is 1. The van der Waals surface area contributed by atoms with Crippen molar-refractivity contribution in [2.45, 2.75) is 43.9 Å². The van der Waals surface area contributed by atoms with Gasteiger partial charge in [0.1, 0.15) is 5.60 Å². The Bertz CT molecular complexity index is 1080. The molecule has 0 bridgehead atoms. The third kappa shape index (κ3) is 5.08. The molecule has 1 aromatic carbocycles. The summed E-state index contributed by atoms with van der Waals surface area (Å²) in [5.41, 5.74) is 1.86. The van der Waals surface area contributed by atoms with Crippen LogP contribution in [-0.4, -0.2) is 55.3 Å². The maximum atomic E-state index is 14.1. The van der Waals surface area contributed by atoms with Crippen molar-refractivity contribution in [2.75, 3.05) is 33.9 Å². The summed E-state index contributed by atoms with van der Waals surface area (Å²) >= 11 is 6.56. The molecule has 1 saturated carbocycles. The lowest BCUT2D eigenvalue weighted by atomic mass is 9.75. The van der Waals surface area contributed by atoms with Gasteiger partial charge in [0.15, 0.2) is 0 Å². The van der Waals surface area contributed by atoms with Crippen LogP contribution < -0.4 is 10.9 Å². The average molecular weight is 488 g/mol. The van der Waals surface area contributed by atoms with E-state index < -0.39 is 11.5 Å². The van der Waals surface area contributed by atoms with Gasteiger partial charge in [-0.2, -0.15) is 0 Å². The second kappa shape index (κ2) is 10.6. The number of carbonyl (C=O) groups excluding carboxylic acids is 1. The van der Waals surface area contributed by atoms with Crippen molar-refractivity contribution in [1.29, 1.82) is 0 Å². The summed E-state index contributed by atoms with van der Waals surface area (Å²) in [5, 5.41) is 4.03. The highest BCUT2D eigenvalue weighted by atomic mass is 35.5. The minimum atomic E-state index is -0.854. The Morgan fingerprint density at radius 1 is 1.26 bits per heavy atom. The van der Waals surface area contributed by atoms with Crippen LogP contribution in [0.25, 0.3) is 0 Å². The van der Waals surface area contributed by atoms with E-state index in [0.717, 1.165) is 36.0 Å². The summed E-state index contributed by atoms with van der Waals surface area (Å²) in [7, 11) is 5.05. The number of aromatic nitrogens is 1. The van der Waals surface area contributed by atoms with Crippen molar-refractivity contribution in [3.63, 3.8) is 0 Å². The molecule has 0 radical (unpaired) electrons. The number of ether oxygens (including phenoxy) is 2. The van der Waals surface area contributed by atoms with Crippen LogP contribution in [0.5, 0.6) is 0 Å². The first kappa shape index (κ1) is 24.9. The van der Waals surface area contributed by atoms with Crippen LogP contribution >= 0.6 is 11.6 Å². The second-order valence-corrected chi connectivity index (χ2v) is 9.74. The molecule has 2 atom stereocenters. The maximum absolute atomic E-state index is 14.1. The van der Waals surface area contributed by atoms with Gasteiger partial charge in [0.25, 0.3) is 5.56 Å². The molecular formula is C26H34ClN3O4. The molecule has 2 aliphatic rings. The van der Waals surface area contributed by atoms with E-state index in [1.54, 1.807) is 33.5 Å². The number of methoxy groups -OCH3 is 2. The molecule has 1 aliphatic heterocycles. The first-order valence-electron chi connectivity index (χ1n) is 11.9. The fraction of sp³-hybridized carbons (Fsp3) is 0.538. The molecule has 2 aromatic rings. The van der Waals surface area contributed by atoms with Gasteiger partial charge in [-0.15, -0.1) is 0 Å². The third-order valence-electron chi connectivity index (χ3n) is 7.16. The lowest BCUT2D eigenvalue weighted by Gasteiger charge is -2.44. The quantitative estimate of drug-likeness (QED) is 0.589. The Balaban J connectivity index is 1.65. The van der Waals surface area contributed by atoms with Crippen LogP contribution in [0.2, 0.25) is 5.02 Å². The number of halogens is 1. The van der Waals surface area contributed by atoms with Crippen molar-refractivity contribution >= 4 is 17.5 Å². The second-order valence-electron chi connectivity index (χ2n) is 9.33. The normalized spacial score (nSPS) is 22.5. The number of nitrogens with zero attached hydrogens (tertiary/aromatic N) is 2. The number of aryl methyl sites for hydroxylation is 1. The van der Waals surface area contributed by atoms with Gasteiger partial charge in [0, 0.05) is 57.7 Å². The van der Waals surface area contributed by atoms with Gasteiger partial charge in [-0.25, -0.2) is 0 Å². The van der Waals surface area contributed by atoms with Crippen LogP contribution in [0.3, 0.4) is 0 Å². The predicted octanol–water partition coefficient (Wildman–Crippen LogP) is 2.87. The van der Waals surface area contributed by atoms with Crippen molar-refractivity contribution in [3.05, 3.63) is 68.6 Å². The highest BCUT2D eigenvalue weighted by Crippen LogP contribution is 2.41. The lowest BCUT2D eigenvalue weighted by Crippen LogP contribution is -2.56. The number of pyridine rings is 1. The van der Waals surface area contributed by atoms with E-state index in [1.807, 2.05) is 23.1 Å². The molecule has 1 N–H and O–H groups in total. The Morgan fingerprint density at radius 3 is 2.74 bits per heavy atom. The number of hydrogen-bond donors (Lipinski definition) is 1. The van der Waals surface area contributed by atoms with E-state index in [2.05, 4.69) is 11.4 Å². The van der Waals surface area contributed by atoms with Gasteiger partial charge in [-0.3, -0.25) is 9.59 Å². The van der Waals surface area contributed by atoms with Gasteiger partial charge >= 0.3 is 0 Å². The number of rotatable bonds is 9. The molecule has 8 heteroatoms. The van der Waals surface area contributed by atoms with E-state index in [0.29, 0.717) is 37.7 Å². The molecule has 184 valence electrons. The molecule has 1 aliphatic carbocycles. The molecule has 1 aromatic heterocycles. The number of piperidine rings is 1. The molecule has 34 heavy (non-hydrogen) atoms. The zero-order chi connectivity index (χ0) is 24.3. The SMILES string of the molecule is COCCc1ccc(Cl)c(CN(C(=O)C2CNCCC2(OC)c2ccn(C)c(=O)c2)C2CC2)c1. The molecule has 4 rings (SSSR count). The lowest BCUT2D eigenvalue weighted by molar-refractivity contribution is -0.155. The number of amides is 1. The molecule has 2 unspecified atom stereocenters. The van der Waals surface area contributed by atoms with E-state index in [1.165, 1.54) is 4.57 Å². The smallest absolute Gasteiger partial charge is 0.250 e. The maximum Gasteiger partial charge on any atom is 0.250 e. The topological polar surface area (TPSA) is 72.8 Å². The third-order valence-corrected chi connectivity index (χ3v) is 7.52. The highest BCUT2D eigenvalue weighted by molar-refractivity contribution is 6.31. The monoisotopic (exact) mass is 487 g/mol. The average Bonchev–Trinajstić information content (AvgIpc) is 3.69. The van der Waals surface area contributed by atoms with E-state index >= 15 is 0 Å². The van der Waals surface area contributed by atoms with Crippen molar-refractivity contribution in [2.24, 2.45) is 13.0 Å².